The summed E-state index contributed by atoms with van der Waals surface area (Å²) in [5, 5.41) is 9.56. The van der Waals surface area contributed by atoms with Crippen LogP contribution in [-0.2, 0) is 4.74 Å². The van der Waals surface area contributed by atoms with Crippen LogP contribution in [0.3, 0.4) is 0 Å². The van der Waals surface area contributed by atoms with Gasteiger partial charge in [0.1, 0.15) is 0 Å². The number of ether oxygens (including phenoxy) is 1. The maximum absolute atomic E-state index is 9.56. The van der Waals surface area contributed by atoms with Gasteiger partial charge in [0.25, 0.3) is 0 Å². The highest BCUT2D eigenvalue weighted by molar-refractivity contribution is 5.20. The Balaban J connectivity index is 2.20. The van der Waals surface area contributed by atoms with Gasteiger partial charge < -0.3 is 9.84 Å². The Kier molecular flexibility index (Phi) is 2.29. The number of hydrogen-bond acceptors (Lipinski definition) is 3. The van der Waals surface area contributed by atoms with E-state index in [1.807, 2.05) is 25.3 Å². The van der Waals surface area contributed by atoms with E-state index >= 15 is 0 Å². The molecule has 0 aromatic carbocycles. The third-order valence-corrected chi connectivity index (χ3v) is 2.41. The van der Waals surface area contributed by atoms with E-state index in [0.717, 1.165) is 11.3 Å². The van der Waals surface area contributed by atoms with Crippen molar-refractivity contribution in [3.05, 3.63) is 29.6 Å². The summed E-state index contributed by atoms with van der Waals surface area (Å²) in [6.07, 6.45) is 1.45. The maximum Gasteiger partial charge on any atom is 0.0864 e. The molecule has 13 heavy (non-hydrogen) atoms. The molecule has 1 aromatic rings. The molecular formula is C10H13NO2. The van der Waals surface area contributed by atoms with E-state index in [0.29, 0.717) is 13.2 Å². The van der Waals surface area contributed by atoms with Gasteiger partial charge in [-0.05, 0) is 18.6 Å². The molecule has 3 heteroatoms. The number of aliphatic hydroxyl groups is 1. The summed E-state index contributed by atoms with van der Waals surface area (Å²) in [5.74, 6) is 0.105. The SMILES string of the molecule is Cc1ccc(C2COCC2O)cn1. The van der Waals surface area contributed by atoms with Gasteiger partial charge in [0.2, 0.25) is 0 Å². The summed E-state index contributed by atoms with van der Waals surface area (Å²) in [5.41, 5.74) is 2.06. The van der Waals surface area contributed by atoms with E-state index in [9.17, 15) is 5.11 Å². The van der Waals surface area contributed by atoms with Gasteiger partial charge >= 0.3 is 0 Å². The Hall–Kier alpha value is -0.930. The maximum atomic E-state index is 9.56. The Morgan fingerprint density at radius 1 is 1.46 bits per heavy atom. The van der Waals surface area contributed by atoms with Gasteiger partial charge in [0, 0.05) is 17.8 Å². The van der Waals surface area contributed by atoms with Crippen LogP contribution in [0.5, 0.6) is 0 Å². The Morgan fingerprint density at radius 3 is 2.85 bits per heavy atom. The van der Waals surface area contributed by atoms with Crippen LogP contribution in [0.25, 0.3) is 0 Å². The van der Waals surface area contributed by atoms with E-state index < -0.39 is 0 Å². The van der Waals surface area contributed by atoms with Crippen molar-refractivity contribution in [1.29, 1.82) is 0 Å². The monoisotopic (exact) mass is 179 g/mol. The zero-order valence-electron chi connectivity index (χ0n) is 7.60. The third kappa shape index (κ3) is 1.71. The Labute approximate surface area is 77.4 Å². The molecule has 1 aromatic heterocycles. The lowest BCUT2D eigenvalue weighted by Gasteiger charge is -2.11. The second-order valence-corrected chi connectivity index (χ2v) is 3.44. The molecule has 0 amide bonds. The van der Waals surface area contributed by atoms with Crippen molar-refractivity contribution in [1.82, 2.24) is 4.98 Å². The minimum absolute atomic E-state index is 0.105. The minimum atomic E-state index is -0.371. The fourth-order valence-electron chi connectivity index (χ4n) is 1.56. The largest absolute Gasteiger partial charge is 0.390 e. The van der Waals surface area contributed by atoms with Crippen LogP contribution < -0.4 is 0 Å². The molecule has 0 bridgehead atoms. The smallest absolute Gasteiger partial charge is 0.0864 e. The quantitative estimate of drug-likeness (QED) is 0.695. The average molecular weight is 179 g/mol. The van der Waals surface area contributed by atoms with Crippen molar-refractivity contribution in [2.24, 2.45) is 0 Å². The number of hydrogen-bond donors (Lipinski definition) is 1. The number of aliphatic hydroxyl groups excluding tert-OH is 1. The van der Waals surface area contributed by atoms with E-state index in [4.69, 9.17) is 4.74 Å². The molecule has 1 N–H and O–H groups in total. The van der Waals surface area contributed by atoms with Crippen LogP contribution in [0.2, 0.25) is 0 Å². The summed E-state index contributed by atoms with van der Waals surface area (Å²) < 4.78 is 5.18. The standard InChI is InChI=1S/C10H13NO2/c1-7-2-3-8(4-11-7)9-5-13-6-10(9)12/h2-4,9-10,12H,5-6H2,1H3. The predicted octanol–water partition coefficient (Wildman–Crippen LogP) is 0.865. The van der Waals surface area contributed by atoms with E-state index in [-0.39, 0.29) is 12.0 Å². The molecule has 1 fully saturated rings. The van der Waals surface area contributed by atoms with Crippen molar-refractivity contribution in [2.75, 3.05) is 13.2 Å². The van der Waals surface area contributed by atoms with Crippen LogP contribution in [-0.4, -0.2) is 29.4 Å². The normalized spacial score (nSPS) is 27.8. The number of aromatic nitrogens is 1. The molecule has 2 heterocycles. The molecule has 2 atom stereocenters. The highest BCUT2D eigenvalue weighted by Gasteiger charge is 2.27. The molecule has 0 radical (unpaired) electrons. The van der Waals surface area contributed by atoms with Crippen LogP contribution in [0.4, 0.5) is 0 Å². The van der Waals surface area contributed by atoms with E-state index in [1.165, 1.54) is 0 Å². The zero-order chi connectivity index (χ0) is 9.26. The lowest BCUT2D eigenvalue weighted by Crippen LogP contribution is -2.15. The van der Waals surface area contributed by atoms with Gasteiger partial charge in [-0.15, -0.1) is 0 Å². The minimum Gasteiger partial charge on any atom is -0.390 e. The number of nitrogens with zero attached hydrogens (tertiary/aromatic N) is 1. The first kappa shape index (κ1) is 8.66. The number of pyridine rings is 1. The summed E-state index contributed by atoms with van der Waals surface area (Å²) in [6.45, 7) is 3.00. The molecule has 3 nitrogen and oxygen atoms in total. The van der Waals surface area contributed by atoms with Crippen molar-refractivity contribution in [3.63, 3.8) is 0 Å². The van der Waals surface area contributed by atoms with Gasteiger partial charge in [0.15, 0.2) is 0 Å². The van der Waals surface area contributed by atoms with E-state index in [1.54, 1.807) is 0 Å². The van der Waals surface area contributed by atoms with Crippen molar-refractivity contribution >= 4 is 0 Å². The summed E-state index contributed by atoms with van der Waals surface area (Å²) in [7, 11) is 0. The lowest BCUT2D eigenvalue weighted by atomic mass is 9.98. The van der Waals surface area contributed by atoms with Gasteiger partial charge in [-0.2, -0.15) is 0 Å². The Bertz CT molecular complexity index is 283. The third-order valence-electron chi connectivity index (χ3n) is 2.41. The van der Waals surface area contributed by atoms with Crippen molar-refractivity contribution in [2.45, 2.75) is 18.9 Å². The molecule has 1 aliphatic heterocycles. The van der Waals surface area contributed by atoms with Crippen molar-refractivity contribution in [3.8, 4) is 0 Å². The van der Waals surface area contributed by atoms with Gasteiger partial charge in [-0.1, -0.05) is 6.07 Å². The molecule has 2 rings (SSSR count). The van der Waals surface area contributed by atoms with Gasteiger partial charge in [-0.25, -0.2) is 0 Å². The average Bonchev–Trinajstić information content (AvgIpc) is 2.53. The molecule has 2 unspecified atom stereocenters. The second kappa shape index (κ2) is 3.44. The number of aryl methyl sites for hydroxylation is 1. The molecule has 1 aliphatic rings. The van der Waals surface area contributed by atoms with Crippen LogP contribution in [0.1, 0.15) is 17.2 Å². The van der Waals surface area contributed by atoms with E-state index in [2.05, 4.69) is 4.98 Å². The van der Waals surface area contributed by atoms with Crippen LogP contribution in [0, 0.1) is 6.92 Å². The topological polar surface area (TPSA) is 42.4 Å². The summed E-state index contributed by atoms with van der Waals surface area (Å²) in [6, 6.07) is 3.96. The first-order valence-corrected chi connectivity index (χ1v) is 4.46. The highest BCUT2D eigenvalue weighted by atomic mass is 16.5. The molecule has 1 saturated heterocycles. The van der Waals surface area contributed by atoms with Crippen LogP contribution in [0.15, 0.2) is 18.3 Å². The molecule has 70 valence electrons. The molecular weight excluding hydrogens is 166 g/mol. The fraction of sp³-hybridized carbons (Fsp3) is 0.500. The summed E-state index contributed by atoms with van der Waals surface area (Å²) >= 11 is 0. The zero-order valence-corrected chi connectivity index (χ0v) is 7.60. The fourth-order valence-corrected chi connectivity index (χ4v) is 1.56. The first-order chi connectivity index (χ1) is 6.27. The van der Waals surface area contributed by atoms with Gasteiger partial charge in [0.05, 0.1) is 19.3 Å². The Morgan fingerprint density at radius 2 is 2.31 bits per heavy atom. The lowest BCUT2D eigenvalue weighted by molar-refractivity contribution is 0.124. The molecule has 0 saturated carbocycles. The summed E-state index contributed by atoms with van der Waals surface area (Å²) in [4.78, 5) is 4.19. The highest BCUT2D eigenvalue weighted by Crippen LogP contribution is 2.24. The van der Waals surface area contributed by atoms with Crippen LogP contribution >= 0.6 is 0 Å². The van der Waals surface area contributed by atoms with Gasteiger partial charge in [-0.3, -0.25) is 4.98 Å². The molecule has 0 aliphatic carbocycles. The first-order valence-electron chi connectivity index (χ1n) is 4.46. The molecule has 0 spiro atoms. The second-order valence-electron chi connectivity index (χ2n) is 3.44. The van der Waals surface area contributed by atoms with Crippen molar-refractivity contribution < 1.29 is 9.84 Å². The number of rotatable bonds is 1. The predicted molar refractivity (Wildman–Crippen MR) is 48.5 cm³/mol.